The van der Waals surface area contributed by atoms with Gasteiger partial charge in [0, 0.05) is 5.54 Å². The third-order valence-electron chi connectivity index (χ3n) is 5.69. The van der Waals surface area contributed by atoms with Gasteiger partial charge in [-0.05, 0) is 75.5 Å². The van der Waals surface area contributed by atoms with E-state index < -0.39 is 17.4 Å². The zero-order valence-electron chi connectivity index (χ0n) is 11.7. The minimum Gasteiger partial charge on any atom is -0.474 e. The summed E-state index contributed by atoms with van der Waals surface area (Å²) in [4.78, 5) is 22.2. The molecule has 0 aliphatic heterocycles. The van der Waals surface area contributed by atoms with Gasteiger partial charge in [-0.1, -0.05) is 0 Å². The molecule has 2 N–H and O–H groups in total. The summed E-state index contributed by atoms with van der Waals surface area (Å²) in [5, 5.41) is 11.5. The molecule has 0 aromatic heterocycles. The number of nitrogens with one attached hydrogen (secondary N) is 1. The molecule has 0 saturated heterocycles. The molecule has 4 nitrogen and oxygen atoms in total. The van der Waals surface area contributed by atoms with E-state index in [0.29, 0.717) is 17.8 Å². The molecule has 0 aromatic carbocycles. The number of carbonyl (C=O) groups excluding carboxylic acids is 1. The van der Waals surface area contributed by atoms with Crippen LogP contribution in [-0.4, -0.2) is 22.5 Å². The first-order valence-corrected chi connectivity index (χ1v) is 7.42. The van der Waals surface area contributed by atoms with Gasteiger partial charge in [-0.3, -0.25) is 4.79 Å². The smallest absolute Gasteiger partial charge is 0.394 e. The molecule has 106 valence electrons. The van der Waals surface area contributed by atoms with Gasteiger partial charge >= 0.3 is 11.9 Å². The van der Waals surface area contributed by atoms with Crippen molar-refractivity contribution < 1.29 is 14.7 Å². The van der Waals surface area contributed by atoms with Crippen molar-refractivity contribution in [3.8, 4) is 0 Å². The average molecular weight is 265 g/mol. The number of amides is 1. The Morgan fingerprint density at radius 2 is 1.47 bits per heavy atom. The third-order valence-corrected chi connectivity index (χ3v) is 5.69. The van der Waals surface area contributed by atoms with Crippen LogP contribution in [0.25, 0.3) is 0 Å². The van der Waals surface area contributed by atoms with Crippen LogP contribution < -0.4 is 5.32 Å². The number of rotatable bonds is 2. The number of hydrogen-bond acceptors (Lipinski definition) is 2. The van der Waals surface area contributed by atoms with Crippen LogP contribution in [-0.2, 0) is 9.59 Å². The molecule has 4 aliphatic rings. The van der Waals surface area contributed by atoms with E-state index in [2.05, 4.69) is 5.32 Å². The van der Waals surface area contributed by atoms with Crippen molar-refractivity contribution in [2.75, 3.05) is 0 Å². The molecular weight excluding hydrogens is 242 g/mol. The topological polar surface area (TPSA) is 66.4 Å². The van der Waals surface area contributed by atoms with Crippen LogP contribution >= 0.6 is 0 Å². The highest BCUT2D eigenvalue weighted by molar-refractivity contribution is 6.31. The molecule has 0 radical (unpaired) electrons. The van der Waals surface area contributed by atoms with Crippen molar-refractivity contribution in [1.29, 1.82) is 0 Å². The van der Waals surface area contributed by atoms with Crippen molar-refractivity contribution >= 4 is 11.9 Å². The monoisotopic (exact) mass is 265 g/mol. The van der Waals surface area contributed by atoms with Crippen molar-refractivity contribution in [2.24, 2.45) is 29.6 Å². The summed E-state index contributed by atoms with van der Waals surface area (Å²) in [7, 11) is 0. The molecule has 0 heterocycles. The van der Waals surface area contributed by atoms with E-state index in [9.17, 15) is 9.59 Å². The molecule has 0 aromatic rings. The molecular formula is C15H23NO3. The van der Waals surface area contributed by atoms with Crippen LogP contribution in [0.4, 0.5) is 0 Å². The third kappa shape index (κ3) is 2.15. The molecule has 0 atom stereocenters. The lowest BCUT2D eigenvalue weighted by Gasteiger charge is -2.58. The lowest BCUT2D eigenvalue weighted by Crippen LogP contribution is -2.60. The lowest BCUT2D eigenvalue weighted by atomic mass is 9.48. The maximum absolute atomic E-state index is 11.5. The van der Waals surface area contributed by atoms with Crippen molar-refractivity contribution in [2.45, 2.75) is 51.5 Å². The summed E-state index contributed by atoms with van der Waals surface area (Å²) < 4.78 is 0. The van der Waals surface area contributed by atoms with Gasteiger partial charge in [-0.2, -0.15) is 0 Å². The Bertz CT molecular complexity index is 388. The predicted octanol–water partition coefficient (Wildman–Crippen LogP) is 2.04. The van der Waals surface area contributed by atoms with Crippen LogP contribution in [0.3, 0.4) is 0 Å². The highest BCUT2D eigenvalue weighted by Gasteiger charge is 2.53. The Morgan fingerprint density at radius 1 is 1.00 bits per heavy atom. The van der Waals surface area contributed by atoms with Crippen LogP contribution in [0.5, 0.6) is 0 Å². The highest BCUT2D eigenvalue weighted by atomic mass is 16.4. The summed E-state index contributed by atoms with van der Waals surface area (Å²) in [6.07, 6.45) is 6.53. The van der Waals surface area contributed by atoms with E-state index in [0.717, 1.165) is 11.8 Å². The largest absolute Gasteiger partial charge is 0.474 e. The molecule has 4 saturated carbocycles. The first-order valence-electron chi connectivity index (χ1n) is 7.42. The molecule has 4 heteroatoms. The number of aliphatic carboxylic acids is 1. The molecule has 0 unspecified atom stereocenters. The molecule has 4 bridgehead atoms. The second-order valence-corrected chi connectivity index (χ2v) is 7.44. The zero-order valence-corrected chi connectivity index (χ0v) is 11.7. The van der Waals surface area contributed by atoms with Crippen molar-refractivity contribution in [3.63, 3.8) is 0 Å². The SMILES string of the molecule is CC(C)(NC(=O)C(=O)O)C1C2CC3CC(C2)CC1C3. The van der Waals surface area contributed by atoms with Gasteiger partial charge < -0.3 is 10.4 Å². The maximum atomic E-state index is 11.5. The lowest BCUT2D eigenvalue weighted by molar-refractivity contribution is -0.152. The first kappa shape index (κ1) is 12.9. The van der Waals surface area contributed by atoms with Crippen LogP contribution in [0, 0.1) is 29.6 Å². The van der Waals surface area contributed by atoms with E-state index in [1.807, 2.05) is 13.8 Å². The summed E-state index contributed by atoms with van der Waals surface area (Å²) in [5.41, 5.74) is -0.405. The maximum Gasteiger partial charge on any atom is 0.394 e. The molecule has 4 fully saturated rings. The summed E-state index contributed by atoms with van der Waals surface area (Å²) >= 11 is 0. The average Bonchev–Trinajstić information content (AvgIpc) is 2.25. The van der Waals surface area contributed by atoms with Crippen LogP contribution in [0.1, 0.15) is 46.0 Å². The quantitative estimate of drug-likeness (QED) is 0.751. The Balaban J connectivity index is 1.77. The van der Waals surface area contributed by atoms with E-state index in [1.54, 1.807) is 0 Å². The van der Waals surface area contributed by atoms with Gasteiger partial charge in [-0.15, -0.1) is 0 Å². The van der Waals surface area contributed by atoms with Gasteiger partial charge in [0.15, 0.2) is 0 Å². The summed E-state index contributed by atoms with van der Waals surface area (Å²) in [6, 6.07) is 0. The van der Waals surface area contributed by atoms with Crippen molar-refractivity contribution in [1.82, 2.24) is 5.32 Å². The van der Waals surface area contributed by atoms with Crippen molar-refractivity contribution in [3.05, 3.63) is 0 Å². The van der Waals surface area contributed by atoms with E-state index in [-0.39, 0.29) is 0 Å². The molecule has 0 spiro atoms. The van der Waals surface area contributed by atoms with Crippen LogP contribution in [0.2, 0.25) is 0 Å². The Labute approximate surface area is 113 Å². The second-order valence-electron chi connectivity index (χ2n) is 7.44. The molecule has 4 rings (SSSR count). The summed E-state index contributed by atoms with van der Waals surface area (Å²) in [5.74, 6) is 1.36. The van der Waals surface area contributed by atoms with Crippen LogP contribution in [0.15, 0.2) is 0 Å². The normalized spacial score (nSPS) is 40.2. The second kappa shape index (κ2) is 4.22. The number of carbonyl (C=O) groups is 2. The fourth-order valence-corrected chi connectivity index (χ4v) is 5.53. The molecule has 4 aliphatic carbocycles. The van der Waals surface area contributed by atoms with E-state index in [1.165, 1.54) is 32.1 Å². The Kier molecular flexibility index (Phi) is 2.88. The Hall–Kier alpha value is -1.06. The highest BCUT2D eigenvalue weighted by Crippen LogP contribution is 2.58. The van der Waals surface area contributed by atoms with E-state index in [4.69, 9.17) is 5.11 Å². The van der Waals surface area contributed by atoms with Gasteiger partial charge in [0.1, 0.15) is 0 Å². The standard InChI is InChI=1S/C15H23NO3/c1-15(2,16-13(17)14(18)19)12-10-4-8-3-9(6-10)7-11(12)5-8/h8-12H,3-7H2,1-2H3,(H,16,17)(H,18,19). The summed E-state index contributed by atoms with van der Waals surface area (Å²) in [6.45, 7) is 4.00. The van der Waals surface area contributed by atoms with Gasteiger partial charge in [-0.25, -0.2) is 4.79 Å². The predicted molar refractivity (Wildman–Crippen MR) is 70.4 cm³/mol. The number of carboxylic acid groups (broad SMARTS) is 1. The number of hydrogen-bond donors (Lipinski definition) is 2. The van der Waals surface area contributed by atoms with E-state index >= 15 is 0 Å². The zero-order chi connectivity index (χ0) is 13.8. The molecule has 19 heavy (non-hydrogen) atoms. The van der Waals surface area contributed by atoms with Gasteiger partial charge in [0.05, 0.1) is 0 Å². The number of carboxylic acids is 1. The fraction of sp³-hybridized carbons (Fsp3) is 0.867. The fourth-order valence-electron chi connectivity index (χ4n) is 5.53. The molecule has 1 amide bonds. The minimum absolute atomic E-state index is 0.405. The first-order chi connectivity index (χ1) is 8.87. The minimum atomic E-state index is -1.38. The van der Waals surface area contributed by atoms with Gasteiger partial charge in [0.25, 0.3) is 0 Å². The Morgan fingerprint density at radius 3 is 1.89 bits per heavy atom. The van der Waals surface area contributed by atoms with Gasteiger partial charge in [0.2, 0.25) is 0 Å².